The number of halogens is 3. The highest BCUT2D eigenvalue weighted by Crippen LogP contribution is 2.53. The summed E-state index contributed by atoms with van der Waals surface area (Å²) in [5.41, 5.74) is -1.97. The minimum absolute atomic E-state index is 0.00570. The number of aromatic nitrogens is 2. The van der Waals surface area contributed by atoms with E-state index < -0.39 is 21.6 Å². The highest BCUT2D eigenvalue weighted by atomic mass is 32.2. The van der Waals surface area contributed by atoms with Gasteiger partial charge in [-0.25, -0.2) is 13.1 Å². The number of nitrogens with one attached hydrogen (secondary N) is 2. The van der Waals surface area contributed by atoms with Crippen molar-refractivity contribution < 1.29 is 26.1 Å². The van der Waals surface area contributed by atoms with E-state index >= 15 is 0 Å². The molecule has 0 atom stereocenters. The first-order valence-electron chi connectivity index (χ1n) is 9.30. The van der Waals surface area contributed by atoms with E-state index in [0.29, 0.717) is 13.0 Å². The second kappa shape index (κ2) is 7.57. The Hall–Kier alpha value is -1.36. The molecule has 0 aliphatic heterocycles. The smallest absolute Gasteiger partial charge is 0.335 e. The van der Waals surface area contributed by atoms with E-state index in [0.717, 1.165) is 25.7 Å². The first-order valence-corrected chi connectivity index (χ1v) is 11.0. The fourth-order valence-corrected chi connectivity index (χ4v) is 4.37. The van der Waals surface area contributed by atoms with Gasteiger partial charge < -0.3 is 9.84 Å². The molecule has 1 heterocycles. The molecule has 0 amide bonds. The highest BCUT2D eigenvalue weighted by molar-refractivity contribution is 7.89. The van der Waals surface area contributed by atoms with E-state index in [1.165, 1.54) is 0 Å². The lowest BCUT2D eigenvalue weighted by Gasteiger charge is -2.40. The van der Waals surface area contributed by atoms with Crippen LogP contribution in [0.1, 0.15) is 57.7 Å². The summed E-state index contributed by atoms with van der Waals surface area (Å²) in [6, 6.07) is 0.0521. The van der Waals surface area contributed by atoms with Crippen molar-refractivity contribution >= 4 is 16.0 Å². The Labute approximate surface area is 156 Å². The molecule has 2 saturated carbocycles. The molecule has 0 saturated heterocycles. The maximum Gasteiger partial charge on any atom is 0.401 e. The molecule has 7 nitrogen and oxygen atoms in total. The zero-order valence-corrected chi connectivity index (χ0v) is 16.0. The maximum absolute atomic E-state index is 13.3. The molecule has 2 aliphatic rings. The molecular weight excluding hydrogens is 385 g/mol. The summed E-state index contributed by atoms with van der Waals surface area (Å²) >= 11 is 0. The van der Waals surface area contributed by atoms with Gasteiger partial charge in [-0.2, -0.15) is 18.2 Å². The Kier molecular flexibility index (Phi) is 5.72. The first kappa shape index (κ1) is 20.4. The molecule has 0 spiro atoms. The van der Waals surface area contributed by atoms with E-state index in [2.05, 4.69) is 20.2 Å². The van der Waals surface area contributed by atoms with E-state index in [-0.39, 0.29) is 42.4 Å². The predicted molar refractivity (Wildman–Crippen MR) is 92.7 cm³/mol. The second-order valence-electron chi connectivity index (χ2n) is 7.47. The normalized spacial score (nSPS) is 25.8. The Morgan fingerprint density at radius 1 is 1.22 bits per heavy atom. The fourth-order valence-electron chi connectivity index (χ4n) is 3.67. The van der Waals surface area contributed by atoms with Gasteiger partial charge in [-0.05, 0) is 51.4 Å². The minimum Gasteiger partial charge on any atom is -0.335 e. The Balaban J connectivity index is 1.51. The molecule has 0 radical (unpaired) electrons. The van der Waals surface area contributed by atoms with Crippen LogP contribution >= 0.6 is 0 Å². The average molecular weight is 410 g/mol. The zero-order valence-electron chi connectivity index (χ0n) is 15.2. The molecule has 11 heteroatoms. The van der Waals surface area contributed by atoms with Crippen LogP contribution in [0.4, 0.5) is 19.2 Å². The van der Waals surface area contributed by atoms with Crippen LogP contribution in [0.25, 0.3) is 0 Å². The maximum atomic E-state index is 13.3. The fraction of sp³-hybridized carbons (Fsp3) is 0.875. The summed E-state index contributed by atoms with van der Waals surface area (Å²) in [7, 11) is -3.19. The van der Waals surface area contributed by atoms with E-state index in [4.69, 9.17) is 4.52 Å². The summed E-state index contributed by atoms with van der Waals surface area (Å²) in [5.74, 6) is 0.0283. The summed E-state index contributed by atoms with van der Waals surface area (Å²) in [5, 5.41) is 6.61. The summed E-state index contributed by atoms with van der Waals surface area (Å²) < 4.78 is 70.6. The third-order valence-corrected chi connectivity index (χ3v) is 7.12. The monoisotopic (exact) mass is 410 g/mol. The van der Waals surface area contributed by atoms with Crippen LogP contribution in [0, 0.1) is 5.92 Å². The van der Waals surface area contributed by atoms with Gasteiger partial charge in [-0.3, -0.25) is 0 Å². The van der Waals surface area contributed by atoms with E-state index in [1.54, 1.807) is 6.92 Å². The number of rotatable bonds is 7. The van der Waals surface area contributed by atoms with Gasteiger partial charge in [0, 0.05) is 12.6 Å². The number of alkyl halides is 3. The summed E-state index contributed by atoms with van der Waals surface area (Å²) in [6.07, 6.45) is -0.725. The van der Waals surface area contributed by atoms with E-state index in [9.17, 15) is 21.6 Å². The van der Waals surface area contributed by atoms with Crippen molar-refractivity contribution in [3.8, 4) is 0 Å². The minimum atomic E-state index is -4.38. The molecule has 1 aromatic heterocycles. The number of hydrogen-bond donors (Lipinski definition) is 2. The van der Waals surface area contributed by atoms with Gasteiger partial charge in [0.15, 0.2) is 5.82 Å². The van der Waals surface area contributed by atoms with Crippen molar-refractivity contribution in [2.24, 2.45) is 5.92 Å². The Morgan fingerprint density at radius 2 is 1.89 bits per heavy atom. The Morgan fingerprint density at radius 3 is 2.41 bits per heavy atom. The van der Waals surface area contributed by atoms with Gasteiger partial charge >= 0.3 is 12.2 Å². The van der Waals surface area contributed by atoms with Gasteiger partial charge in [0.1, 0.15) is 5.41 Å². The van der Waals surface area contributed by atoms with Crippen LogP contribution < -0.4 is 10.0 Å². The quantitative estimate of drug-likeness (QED) is 0.717. The Bertz CT molecular complexity index is 738. The largest absolute Gasteiger partial charge is 0.401 e. The molecule has 0 aromatic carbocycles. The van der Waals surface area contributed by atoms with Gasteiger partial charge in [0.25, 0.3) is 0 Å². The van der Waals surface area contributed by atoms with Crippen LogP contribution in [0.5, 0.6) is 0 Å². The zero-order chi connectivity index (χ0) is 19.7. The first-order chi connectivity index (χ1) is 12.7. The van der Waals surface area contributed by atoms with Crippen LogP contribution in [0.15, 0.2) is 4.52 Å². The molecule has 27 heavy (non-hydrogen) atoms. The summed E-state index contributed by atoms with van der Waals surface area (Å²) in [4.78, 5) is 3.96. The predicted octanol–water partition coefficient (Wildman–Crippen LogP) is 2.96. The molecule has 2 aliphatic carbocycles. The number of anilines is 1. The number of nitrogens with zero attached hydrogens (tertiary/aromatic N) is 2. The van der Waals surface area contributed by atoms with Crippen molar-refractivity contribution in [2.75, 3.05) is 17.6 Å². The van der Waals surface area contributed by atoms with Crippen molar-refractivity contribution in [3.05, 3.63) is 5.82 Å². The molecule has 2 N–H and O–H groups in total. The lowest BCUT2D eigenvalue weighted by molar-refractivity contribution is -0.215. The van der Waals surface area contributed by atoms with Crippen LogP contribution in [-0.2, 0) is 15.4 Å². The van der Waals surface area contributed by atoms with Gasteiger partial charge in [0.2, 0.25) is 10.0 Å². The number of sulfonamides is 1. The van der Waals surface area contributed by atoms with E-state index in [1.807, 2.05) is 0 Å². The molecule has 0 unspecified atom stereocenters. The second-order valence-corrected chi connectivity index (χ2v) is 9.57. The SMILES string of the molecule is CCS(=O)(=O)NC[C@H]1CC[C@H](Nc2nc(C3(C(F)(F)F)CCC3)no2)CC1. The molecule has 3 rings (SSSR count). The highest BCUT2D eigenvalue weighted by Gasteiger charge is 2.62. The lowest BCUT2D eigenvalue weighted by Crippen LogP contribution is -2.48. The third-order valence-electron chi connectivity index (χ3n) is 5.75. The molecule has 1 aromatic rings. The van der Waals surface area contributed by atoms with Crippen molar-refractivity contribution in [3.63, 3.8) is 0 Å². The van der Waals surface area contributed by atoms with Gasteiger partial charge in [-0.15, -0.1) is 0 Å². The van der Waals surface area contributed by atoms with Crippen molar-refractivity contribution in [1.29, 1.82) is 0 Å². The lowest BCUT2D eigenvalue weighted by atomic mass is 9.67. The van der Waals surface area contributed by atoms with Crippen molar-refractivity contribution in [1.82, 2.24) is 14.9 Å². The molecule has 2 fully saturated rings. The average Bonchev–Trinajstić information content (AvgIpc) is 3.00. The van der Waals surface area contributed by atoms with Crippen molar-refractivity contribution in [2.45, 2.75) is 69.5 Å². The molecule has 154 valence electrons. The van der Waals surface area contributed by atoms with Crippen LogP contribution in [-0.4, -0.2) is 43.1 Å². The van der Waals surface area contributed by atoms with Crippen LogP contribution in [0.3, 0.4) is 0 Å². The summed E-state index contributed by atoms with van der Waals surface area (Å²) in [6.45, 7) is 2.01. The number of hydrogen-bond acceptors (Lipinski definition) is 6. The third kappa shape index (κ3) is 4.39. The molecular formula is C16H25F3N4O3S. The molecule has 0 bridgehead atoms. The van der Waals surface area contributed by atoms with Gasteiger partial charge in [0.05, 0.1) is 5.75 Å². The van der Waals surface area contributed by atoms with Crippen LogP contribution in [0.2, 0.25) is 0 Å². The standard InChI is InChI=1S/C16H25F3N4O3S/c1-2-27(24,25)20-10-11-4-6-12(7-5-11)21-14-22-13(23-26-14)15(8-3-9-15)16(17,18)19/h11-12,20H,2-10H2,1H3,(H,21,22,23)/t11-,12-. The van der Waals surface area contributed by atoms with Gasteiger partial charge in [-0.1, -0.05) is 11.6 Å². The topological polar surface area (TPSA) is 97.1 Å².